The van der Waals surface area contributed by atoms with Gasteiger partial charge in [0, 0.05) is 0 Å². The van der Waals surface area contributed by atoms with Gasteiger partial charge in [-0.3, -0.25) is 0 Å². The Hall–Kier alpha value is -0.0400. The van der Waals surface area contributed by atoms with E-state index < -0.39 is 0 Å². The van der Waals surface area contributed by atoms with Crippen LogP contribution in [0.2, 0.25) is 0 Å². The topological polar surface area (TPSA) is 20.2 Å². The summed E-state index contributed by atoms with van der Waals surface area (Å²) in [5.74, 6) is 2.34. The summed E-state index contributed by atoms with van der Waals surface area (Å²) >= 11 is 0. The molecule has 1 N–H and O–H groups in total. The number of aliphatic hydroxyl groups excluding tert-OH is 1. The van der Waals surface area contributed by atoms with Crippen LogP contribution in [0.3, 0.4) is 0 Å². The van der Waals surface area contributed by atoms with E-state index in [0.717, 1.165) is 18.3 Å². The summed E-state index contributed by atoms with van der Waals surface area (Å²) in [6.45, 7) is 2.27. The van der Waals surface area contributed by atoms with Crippen LogP contribution in [0.1, 0.15) is 26.2 Å². The standard InChI is InChI=1S/C8H14O/c1-5-2-6-3-7(5)8(9)4-6/h5-9H,2-4H2,1H3. The molecule has 4 atom stereocenters. The fourth-order valence-electron chi connectivity index (χ4n) is 2.66. The minimum Gasteiger partial charge on any atom is -0.393 e. The first-order chi connectivity index (χ1) is 4.27. The molecule has 0 aromatic carbocycles. The highest BCUT2D eigenvalue weighted by atomic mass is 16.3. The third kappa shape index (κ3) is 0.710. The van der Waals surface area contributed by atoms with Gasteiger partial charge >= 0.3 is 0 Å². The smallest absolute Gasteiger partial charge is 0.0573 e. The fraction of sp³-hybridized carbons (Fsp3) is 1.00. The highest BCUT2D eigenvalue weighted by Gasteiger charge is 2.42. The normalized spacial score (nSPS) is 56.7. The van der Waals surface area contributed by atoms with Crippen LogP contribution < -0.4 is 0 Å². The third-order valence-corrected chi connectivity index (χ3v) is 3.11. The summed E-state index contributed by atoms with van der Waals surface area (Å²) in [5.41, 5.74) is 0. The van der Waals surface area contributed by atoms with Gasteiger partial charge in [-0.15, -0.1) is 0 Å². The number of fused-ring (bicyclic) bond motifs is 2. The first-order valence-electron chi connectivity index (χ1n) is 3.95. The molecule has 0 spiro atoms. The molecule has 4 unspecified atom stereocenters. The van der Waals surface area contributed by atoms with Crippen LogP contribution in [0.25, 0.3) is 0 Å². The molecule has 0 amide bonds. The molecule has 2 bridgehead atoms. The average molecular weight is 126 g/mol. The Morgan fingerprint density at radius 1 is 1.22 bits per heavy atom. The van der Waals surface area contributed by atoms with Gasteiger partial charge < -0.3 is 5.11 Å². The van der Waals surface area contributed by atoms with Crippen LogP contribution in [-0.4, -0.2) is 11.2 Å². The molecule has 2 aliphatic carbocycles. The first-order valence-corrected chi connectivity index (χ1v) is 3.95. The van der Waals surface area contributed by atoms with Crippen molar-refractivity contribution in [1.82, 2.24) is 0 Å². The van der Waals surface area contributed by atoms with Crippen molar-refractivity contribution in [2.24, 2.45) is 17.8 Å². The summed E-state index contributed by atoms with van der Waals surface area (Å²) in [6, 6.07) is 0. The van der Waals surface area contributed by atoms with Crippen LogP contribution >= 0.6 is 0 Å². The lowest BCUT2D eigenvalue weighted by molar-refractivity contribution is 0.0866. The number of aliphatic hydroxyl groups is 1. The molecule has 1 heteroatoms. The molecule has 2 rings (SSSR count). The van der Waals surface area contributed by atoms with E-state index in [1.807, 2.05) is 0 Å². The Morgan fingerprint density at radius 2 is 2.00 bits per heavy atom. The molecule has 0 aliphatic heterocycles. The first kappa shape index (κ1) is 5.72. The number of rotatable bonds is 0. The second-order valence-corrected chi connectivity index (χ2v) is 3.78. The van der Waals surface area contributed by atoms with Gasteiger partial charge in [0.25, 0.3) is 0 Å². The highest BCUT2D eigenvalue weighted by molar-refractivity contribution is 4.93. The molecule has 0 saturated heterocycles. The van der Waals surface area contributed by atoms with E-state index in [2.05, 4.69) is 6.92 Å². The monoisotopic (exact) mass is 126 g/mol. The van der Waals surface area contributed by atoms with Crippen molar-refractivity contribution < 1.29 is 5.11 Å². The maximum absolute atomic E-state index is 9.39. The maximum Gasteiger partial charge on any atom is 0.0573 e. The SMILES string of the molecule is CC1CC2CC(O)C1C2. The van der Waals surface area contributed by atoms with Crippen molar-refractivity contribution in [1.29, 1.82) is 0 Å². The predicted octanol–water partition coefficient (Wildman–Crippen LogP) is 1.41. The van der Waals surface area contributed by atoms with Gasteiger partial charge in [0.05, 0.1) is 6.10 Å². The zero-order valence-corrected chi connectivity index (χ0v) is 5.88. The van der Waals surface area contributed by atoms with Crippen LogP contribution in [-0.2, 0) is 0 Å². The lowest BCUT2D eigenvalue weighted by Crippen LogP contribution is -2.21. The highest BCUT2D eigenvalue weighted by Crippen LogP contribution is 2.47. The maximum atomic E-state index is 9.39. The van der Waals surface area contributed by atoms with Gasteiger partial charge in [-0.05, 0) is 37.0 Å². The quantitative estimate of drug-likeness (QED) is 0.520. The molecule has 0 heterocycles. The van der Waals surface area contributed by atoms with E-state index in [4.69, 9.17) is 0 Å². The zero-order valence-electron chi connectivity index (χ0n) is 5.88. The van der Waals surface area contributed by atoms with Gasteiger partial charge in [0.15, 0.2) is 0 Å². The van der Waals surface area contributed by atoms with Gasteiger partial charge in [0.2, 0.25) is 0 Å². The van der Waals surface area contributed by atoms with Crippen molar-refractivity contribution in [3.05, 3.63) is 0 Å². The molecule has 0 aromatic rings. The van der Waals surface area contributed by atoms with Gasteiger partial charge in [0.1, 0.15) is 0 Å². The summed E-state index contributed by atoms with van der Waals surface area (Å²) in [7, 11) is 0. The second kappa shape index (κ2) is 1.72. The van der Waals surface area contributed by atoms with Crippen LogP contribution in [0.15, 0.2) is 0 Å². The van der Waals surface area contributed by atoms with Crippen LogP contribution in [0.4, 0.5) is 0 Å². The van der Waals surface area contributed by atoms with Gasteiger partial charge in [-0.25, -0.2) is 0 Å². The Morgan fingerprint density at radius 3 is 2.33 bits per heavy atom. The Bertz CT molecular complexity index is 110. The number of hydrogen-bond acceptors (Lipinski definition) is 1. The molecule has 52 valence electrons. The van der Waals surface area contributed by atoms with Gasteiger partial charge in [-0.2, -0.15) is 0 Å². The van der Waals surface area contributed by atoms with Crippen molar-refractivity contribution in [3.63, 3.8) is 0 Å². The van der Waals surface area contributed by atoms with Crippen molar-refractivity contribution >= 4 is 0 Å². The minimum atomic E-state index is 0.0544. The summed E-state index contributed by atoms with van der Waals surface area (Å²) in [5, 5.41) is 9.39. The summed E-state index contributed by atoms with van der Waals surface area (Å²) in [6.07, 6.45) is 3.83. The van der Waals surface area contributed by atoms with Gasteiger partial charge in [-0.1, -0.05) is 6.92 Å². The summed E-state index contributed by atoms with van der Waals surface area (Å²) < 4.78 is 0. The molecule has 0 aromatic heterocycles. The lowest BCUT2D eigenvalue weighted by Gasteiger charge is -2.21. The van der Waals surface area contributed by atoms with Crippen molar-refractivity contribution in [2.75, 3.05) is 0 Å². The molecule has 1 nitrogen and oxygen atoms in total. The molecule has 0 radical (unpaired) electrons. The Balaban J connectivity index is 2.13. The molecule has 2 saturated carbocycles. The van der Waals surface area contributed by atoms with Crippen molar-refractivity contribution in [3.8, 4) is 0 Å². The molecule has 2 aliphatic rings. The summed E-state index contributed by atoms with van der Waals surface area (Å²) in [4.78, 5) is 0. The second-order valence-electron chi connectivity index (χ2n) is 3.78. The van der Waals surface area contributed by atoms with E-state index in [1.165, 1.54) is 12.8 Å². The van der Waals surface area contributed by atoms with E-state index in [-0.39, 0.29) is 6.10 Å². The lowest BCUT2D eigenvalue weighted by atomic mass is 9.88. The largest absolute Gasteiger partial charge is 0.393 e. The van der Waals surface area contributed by atoms with Crippen LogP contribution in [0, 0.1) is 17.8 Å². The van der Waals surface area contributed by atoms with Crippen molar-refractivity contribution in [2.45, 2.75) is 32.3 Å². The number of hydrogen-bond donors (Lipinski definition) is 1. The minimum absolute atomic E-state index is 0.0544. The Kier molecular flexibility index (Phi) is 1.10. The average Bonchev–Trinajstić information content (AvgIpc) is 2.22. The van der Waals surface area contributed by atoms with E-state index in [1.54, 1.807) is 0 Å². The van der Waals surface area contributed by atoms with E-state index >= 15 is 0 Å². The molecular formula is C8H14O. The van der Waals surface area contributed by atoms with Crippen LogP contribution in [0.5, 0.6) is 0 Å². The third-order valence-electron chi connectivity index (χ3n) is 3.11. The fourth-order valence-corrected chi connectivity index (χ4v) is 2.66. The molecule has 9 heavy (non-hydrogen) atoms. The molecular weight excluding hydrogens is 112 g/mol. The predicted molar refractivity (Wildman–Crippen MR) is 36.0 cm³/mol. The zero-order chi connectivity index (χ0) is 6.43. The molecule has 2 fully saturated rings. The van der Waals surface area contributed by atoms with E-state index in [9.17, 15) is 5.11 Å². The van der Waals surface area contributed by atoms with E-state index in [0.29, 0.717) is 5.92 Å². The Labute approximate surface area is 56.1 Å².